The zero-order valence-corrected chi connectivity index (χ0v) is 15.7. The van der Waals surface area contributed by atoms with Gasteiger partial charge >= 0.3 is 6.03 Å². The van der Waals surface area contributed by atoms with Gasteiger partial charge in [0.2, 0.25) is 0 Å². The van der Waals surface area contributed by atoms with Crippen molar-refractivity contribution in [1.82, 2.24) is 25.3 Å². The van der Waals surface area contributed by atoms with Crippen molar-refractivity contribution in [1.29, 1.82) is 0 Å². The Bertz CT molecular complexity index is 563. The van der Waals surface area contributed by atoms with E-state index >= 15 is 0 Å². The van der Waals surface area contributed by atoms with Gasteiger partial charge in [-0.2, -0.15) is 5.10 Å². The molecule has 1 aromatic rings. The predicted molar refractivity (Wildman–Crippen MR) is 96.6 cm³/mol. The lowest BCUT2D eigenvalue weighted by Gasteiger charge is -2.30. The molecule has 1 aromatic heterocycles. The SMILES string of the molecule is Cc1n[nH]c(C)c1[C@@H]1CCCN1C(=O)NC[C@H](C)CN1CCOCC1. The number of hydrogen-bond donors (Lipinski definition) is 2. The number of hydrogen-bond acceptors (Lipinski definition) is 4. The summed E-state index contributed by atoms with van der Waals surface area (Å²) in [4.78, 5) is 17.1. The Morgan fingerprint density at radius 2 is 2.12 bits per heavy atom. The molecule has 2 fully saturated rings. The molecule has 0 unspecified atom stereocenters. The molecule has 3 rings (SSSR count). The molecule has 7 heteroatoms. The lowest BCUT2D eigenvalue weighted by atomic mass is 10.0. The molecule has 3 heterocycles. The Morgan fingerprint density at radius 1 is 1.36 bits per heavy atom. The molecule has 2 aliphatic rings. The van der Waals surface area contributed by atoms with Crippen molar-refractivity contribution in [2.75, 3.05) is 45.9 Å². The molecule has 0 bridgehead atoms. The first kappa shape index (κ1) is 18.2. The average molecular weight is 349 g/mol. The maximum absolute atomic E-state index is 12.7. The van der Waals surface area contributed by atoms with Gasteiger partial charge < -0.3 is 15.0 Å². The fourth-order valence-corrected chi connectivity index (χ4v) is 4.01. The van der Waals surface area contributed by atoms with E-state index in [4.69, 9.17) is 4.74 Å². The second-order valence-electron chi connectivity index (χ2n) is 7.40. The first-order valence-corrected chi connectivity index (χ1v) is 9.42. The minimum Gasteiger partial charge on any atom is -0.379 e. The van der Waals surface area contributed by atoms with Crippen LogP contribution in [0.4, 0.5) is 4.79 Å². The molecule has 2 amide bonds. The van der Waals surface area contributed by atoms with Crippen LogP contribution in [0.5, 0.6) is 0 Å². The summed E-state index contributed by atoms with van der Waals surface area (Å²) in [6.45, 7) is 12.4. The van der Waals surface area contributed by atoms with E-state index in [0.717, 1.165) is 63.6 Å². The summed E-state index contributed by atoms with van der Waals surface area (Å²) in [6.07, 6.45) is 2.06. The topological polar surface area (TPSA) is 73.5 Å². The summed E-state index contributed by atoms with van der Waals surface area (Å²) in [5.41, 5.74) is 3.26. The summed E-state index contributed by atoms with van der Waals surface area (Å²) in [5.74, 6) is 0.431. The number of H-pyrrole nitrogens is 1. The van der Waals surface area contributed by atoms with Gasteiger partial charge in [0.1, 0.15) is 0 Å². The summed E-state index contributed by atoms with van der Waals surface area (Å²) in [6, 6.07) is 0.199. The van der Waals surface area contributed by atoms with Crippen molar-refractivity contribution in [2.45, 2.75) is 39.7 Å². The number of morpholine rings is 1. The first-order valence-electron chi connectivity index (χ1n) is 9.42. The zero-order chi connectivity index (χ0) is 17.8. The Kier molecular flexibility index (Phi) is 5.96. The number of aryl methyl sites for hydroxylation is 2. The van der Waals surface area contributed by atoms with Gasteiger partial charge in [0.05, 0.1) is 24.9 Å². The van der Waals surface area contributed by atoms with Crippen LogP contribution in [0.25, 0.3) is 0 Å². The minimum absolute atomic E-state index is 0.0522. The van der Waals surface area contributed by atoms with Crippen LogP contribution in [0.2, 0.25) is 0 Å². The number of nitrogens with one attached hydrogen (secondary N) is 2. The molecule has 2 aliphatic heterocycles. The predicted octanol–water partition coefficient (Wildman–Crippen LogP) is 1.84. The fourth-order valence-electron chi connectivity index (χ4n) is 4.01. The lowest BCUT2D eigenvalue weighted by molar-refractivity contribution is 0.0318. The standard InChI is InChI=1S/C18H31N5O2/c1-13(12-22-7-9-25-10-8-22)11-19-18(24)23-6-4-5-16(23)17-14(2)20-21-15(17)3/h13,16H,4-12H2,1-3H3,(H,19,24)(H,20,21)/t13-,16-/m0/s1. The highest BCUT2D eigenvalue weighted by Crippen LogP contribution is 2.34. The maximum atomic E-state index is 12.7. The number of ether oxygens (including phenoxy) is 1. The first-order chi connectivity index (χ1) is 12.1. The van der Waals surface area contributed by atoms with Gasteiger partial charge in [-0.25, -0.2) is 4.79 Å². The van der Waals surface area contributed by atoms with Crippen molar-refractivity contribution >= 4 is 6.03 Å². The van der Waals surface area contributed by atoms with Crippen molar-refractivity contribution in [3.05, 3.63) is 17.0 Å². The van der Waals surface area contributed by atoms with Crippen LogP contribution < -0.4 is 5.32 Å². The second-order valence-corrected chi connectivity index (χ2v) is 7.40. The summed E-state index contributed by atoms with van der Waals surface area (Å²) < 4.78 is 5.39. The van der Waals surface area contributed by atoms with Crippen LogP contribution in [-0.2, 0) is 4.74 Å². The fraction of sp³-hybridized carbons (Fsp3) is 0.778. The van der Waals surface area contributed by atoms with E-state index in [1.165, 1.54) is 5.56 Å². The van der Waals surface area contributed by atoms with Crippen molar-refractivity contribution in [3.8, 4) is 0 Å². The smallest absolute Gasteiger partial charge is 0.317 e. The molecule has 2 saturated heterocycles. The second kappa shape index (κ2) is 8.19. The molecule has 0 spiro atoms. The van der Waals surface area contributed by atoms with Gasteiger partial charge in [-0.1, -0.05) is 6.92 Å². The zero-order valence-electron chi connectivity index (χ0n) is 15.7. The third kappa shape index (κ3) is 4.33. The highest BCUT2D eigenvalue weighted by molar-refractivity contribution is 5.75. The van der Waals surface area contributed by atoms with E-state index in [1.807, 2.05) is 18.7 Å². The van der Waals surface area contributed by atoms with Crippen LogP contribution >= 0.6 is 0 Å². The Morgan fingerprint density at radius 3 is 2.80 bits per heavy atom. The molecular weight excluding hydrogens is 318 g/mol. The van der Waals surface area contributed by atoms with E-state index in [1.54, 1.807) is 0 Å². The average Bonchev–Trinajstić information content (AvgIpc) is 3.20. The number of urea groups is 1. The molecule has 0 radical (unpaired) electrons. The van der Waals surface area contributed by atoms with Gasteiger partial charge in [-0.3, -0.25) is 10.00 Å². The normalized spacial score (nSPS) is 23.0. The number of amides is 2. The minimum atomic E-state index is 0.0522. The van der Waals surface area contributed by atoms with Crippen LogP contribution in [0.3, 0.4) is 0 Å². The third-order valence-corrected chi connectivity index (χ3v) is 5.31. The number of carbonyl (C=O) groups excluding carboxylic acids is 1. The molecule has 0 saturated carbocycles. The van der Waals surface area contributed by atoms with Crippen molar-refractivity contribution in [3.63, 3.8) is 0 Å². The number of rotatable bonds is 5. The van der Waals surface area contributed by atoms with Gasteiger partial charge in [-0.05, 0) is 32.6 Å². The molecule has 2 N–H and O–H groups in total. The number of carbonyl (C=O) groups is 1. The van der Waals surface area contributed by atoms with E-state index in [2.05, 4.69) is 27.3 Å². The van der Waals surface area contributed by atoms with Gasteiger partial charge in [0.15, 0.2) is 0 Å². The third-order valence-electron chi connectivity index (χ3n) is 5.31. The lowest BCUT2D eigenvalue weighted by Crippen LogP contribution is -2.44. The molecule has 0 aromatic carbocycles. The van der Waals surface area contributed by atoms with Crippen LogP contribution in [0.15, 0.2) is 0 Å². The molecule has 140 valence electrons. The highest BCUT2D eigenvalue weighted by Gasteiger charge is 2.33. The summed E-state index contributed by atoms with van der Waals surface area (Å²) in [7, 11) is 0. The summed E-state index contributed by atoms with van der Waals surface area (Å²) >= 11 is 0. The van der Waals surface area contributed by atoms with Crippen molar-refractivity contribution in [2.24, 2.45) is 5.92 Å². The maximum Gasteiger partial charge on any atom is 0.317 e. The largest absolute Gasteiger partial charge is 0.379 e. The Balaban J connectivity index is 1.51. The van der Waals surface area contributed by atoms with E-state index in [9.17, 15) is 4.79 Å². The van der Waals surface area contributed by atoms with E-state index < -0.39 is 0 Å². The summed E-state index contributed by atoms with van der Waals surface area (Å²) in [5, 5.41) is 10.5. The Hall–Kier alpha value is -1.60. The quantitative estimate of drug-likeness (QED) is 0.851. The highest BCUT2D eigenvalue weighted by atomic mass is 16.5. The molecule has 7 nitrogen and oxygen atoms in total. The van der Waals surface area contributed by atoms with Gasteiger partial charge in [0.25, 0.3) is 0 Å². The monoisotopic (exact) mass is 349 g/mol. The van der Waals surface area contributed by atoms with Crippen LogP contribution in [0.1, 0.15) is 42.8 Å². The number of aromatic amines is 1. The van der Waals surface area contributed by atoms with Crippen LogP contribution in [0, 0.1) is 19.8 Å². The van der Waals surface area contributed by atoms with E-state index in [-0.39, 0.29) is 12.1 Å². The van der Waals surface area contributed by atoms with Crippen molar-refractivity contribution < 1.29 is 9.53 Å². The van der Waals surface area contributed by atoms with Gasteiger partial charge in [-0.15, -0.1) is 0 Å². The molecule has 2 atom stereocenters. The number of aromatic nitrogens is 2. The van der Waals surface area contributed by atoms with Crippen LogP contribution in [-0.4, -0.2) is 72.0 Å². The van der Waals surface area contributed by atoms with E-state index in [0.29, 0.717) is 12.5 Å². The molecule has 0 aliphatic carbocycles. The Labute approximate surface area is 150 Å². The number of nitrogens with zero attached hydrogens (tertiary/aromatic N) is 3. The number of likely N-dealkylation sites (tertiary alicyclic amines) is 1. The van der Waals surface area contributed by atoms with Gasteiger partial charge in [0, 0.05) is 44.0 Å². The molecular formula is C18H31N5O2. The molecule has 25 heavy (non-hydrogen) atoms.